The van der Waals surface area contributed by atoms with Crippen molar-refractivity contribution in [2.75, 3.05) is 19.5 Å². The molecule has 3 rings (SSSR count). The summed E-state index contributed by atoms with van der Waals surface area (Å²) in [7, 11) is 0. The SMILES string of the molecule is CCOC(=O)C1=C(CCC(N)c2cccnc2)N=C(C)C(C(=O)OCC)C1c1cccc(SC)c1. The smallest absolute Gasteiger partial charge is 0.336 e. The number of esters is 2. The number of benzene rings is 1. The molecular weight excluding hydrogens is 462 g/mol. The molecule has 1 aliphatic rings. The van der Waals surface area contributed by atoms with Gasteiger partial charge in [-0.2, -0.15) is 0 Å². The van der Waals surface area contributed by atoms with E-state index >= 15 is 0 Å². The minimum absolute atomic E-state index is 0.217. The molecule has 2 heterocycles. The van der Waals surface area contributed by atoms with E-state index in [1.165, 1.54) is 0 Å². The van der Waals surface area contributed by atoms with Gasteiger partial charge in [0.1, 0.15) is 5.92 Å². The lowest BCUT2D eigenvalue weighted by Crippen LogP contribution is -2.37. The normalized spacial score (nSPS) is 18.6. The Bertz CT molecular complexity index is 1100. The van der Waals surface area contributed by atoms with E-state index in [2.05, 4.69) is 4.98 Å². The third kappa shape index (κ3) is 6.38. The average molecular weight is 496 g/mol. The molecule has 0 bridgehead atoms. The van der Waals surface area contributed by atoms with Crippen LogP contribution < -0.4 is 5.73 Å². The number of nitrogens with two attached hydrogens (primary N) is 1. The fourth-order valence-electron chi connectivity index (χ4n) is 4.36. The summed E-state index contributed by atoms with van der Waals surface area (Å²) in [5.41, 5.74) is 9.79. The highest BCUT2D eigenvalue weighted by atomic mass is 32.2. The second kappa shape index (κ2) is 12.7. The number of nitrogens with zero attached hydrogens (tertiary/aromatic N) is 2. The lowest BCUT2D eigenvalue weighted by molar-refractivity contribution is -0.146. The molecule has 0 saturated heterocycles. The zero-order valence-electron chi connectivity index (χ0n) is 20.7. The Balaban J connectivity index is 2.10. The van der Waals surface area contributed by atoms with Crippen LogP contribution in [0.5, 0.6) is 0 Å². The molecule has 0 spiro atoms. The fourth-order valence-corrected chi connectivity index (χ4v) is 4.83. The first kappa shape index (κ1) is 26.6. The first-order valence-electron chi connectivity index (χ1n) is 11.8. The van der Waals surface area contributed by atoms with Crippen molar-refractivity contribution in [3.8, 4) is 0 Å². The predicted molar refractivity (Wildman–Crippen MR) is 138 cm³/mol. The summed E-state index contributed by atoms with van der Waals surface area (Å²) in [4.78, 5) is 36.4. The molecule has 2 aromatic rings. The van der Waals surface area contributed by atoms with Crippen molar-refractivity contribution in [2.24, 2.45) is 16.6 Å². The van der Waals surface area contributed by atoms with Crippen LogP contribution in [-0.4, -0.2) is 42.1 Å². The molecule has 0 aliphatic carbocycles. The van der Waals surface area contributed by atoms with Gasteiger partial charge in [-0.15, -0.1) is 11.8 Å². The van der Waals surface area contributed by atoms with Gasteiger partial charge in [-0.3, -0.25) is 14.8 Å². The van der Waals surface area contributed by atoms with Crippen LogP contribution in [0.15, 0.2) is 69.9 Å². The molecule has 0 radical (unpaired) electrons. The first-order valence-corrected chi connectivity index (χ1v) is 13.0. The standard InChI is InChI=1S/C27H33N3O4S/c1-5-33-26(31)23-17(3)30-22(13-12-21(28)19-10-8-14-29-16-19)25(27(32)34-6-2)24(23)18-9-7-11-20(15-18)35-4/h7-11,14-16,21,23-24H,5-6,12-13,28H2,1-4H3. The Labute approximate surface area is 211 Å². The Morgan fingerprint density at radius 3 is 2.57 bits per heavy atom. The second-order valence-electron chi connectivity index (χ2n) is 8.25. The summed E-state index contributed by atoms with van der Waals surface area (Å²) in [5.74, 6) is -2.16. The maximum absolute atomic E-state index is 13.3. The van der Waals surface area contributed by atoms with Gasteiger partial charge < -0.3 is 15.2 Å². The number of rotatable bonds is 10. The largest absolute Gasteiger partial charge is 0.465 e. The molecule has 0 fully saturated rings. The Hall–Kier alpha value is -2.97. The molecule has 35 heavy (non-hydrogen) atoms. The topological polar surface area (TPSA) is 104 Å². The highest BCUT2D eigenvalue weighted by molar-refractivity contribution is 7.98. The van der Waals surface area contributed by atoms with Gasteiger partial charge in [0.2, 0.25) is 0 Å². The van der Waals surface area contributed by atoms with Gasteiger partial charge >= 0.3 is 11.9 Å². The average Bonchev–Trinajstić information content (AvgIpc) is 2.87. The number of carbonyl (C=O) groups is 2. The van der Waals surface area contributed by atoms with Gasteiger partial charge in [-0.1, -0.05) is 18.2 Å². The van der Waals surface area contributed by atoms with E-state index in [4.69, 9.17) is 20.2 Å². The van der Waals surface area contributed by atoms with Crippen molar-refractivity contribution in [3.63, 3.8) is 0 Å². The van der Waals surface area contributed by atoms with Crippen LogP contribution in [0.1, 0.15) is 56.7 Å². The van der Waals surface area contributed by atoms with Gasteiger partial charge in [0.15, 0.2) is 0 Å². The number of aromatic nitrogens is 1. The third-order valence-electron chi connectivity index (χ3n) is 6.01. The number of pyridine rings is 1. The number of ether oxygens (including phenoxy) is 2. The van der Waals surface area contributed by atoms with E-state index in [1.807, 2.05) is 49.6 Å². The number of carbonyl (C=O) groups excluding carboxylic acids is 2. The number of hydrogen-bond donors (Lipinski definition) is 1. The Morgan fingerprint density at radius 2 is 1.91 bits per heavy atom. The number of thioether (sulfide) groups is 1. The van der Waals surface area contributed by atoms with Crippen LogP contribution in [0, 0.1) is 5.92 Å². The Morgan fingerprint density at radius 1 is 1.14 bits per heavy atom. The summed E-state index contributed by atoms with van der Waals surface area (Å²) in [6, 6.07) is 11.4. The lowest BCUT2D eigenvalue weighted by atomic mass is 9.75. The molecule has 3 atom stereocenters. The zero-order chi connectivity index (χ0) is 25.4. The molecule has 1 aromatic heterocycles. The van der Waals surface area contributed by atoms with Crippen molar-refractivity contribution in [1.29, 1.82) is 0 Å². The van der Waals surface area contributed by atoms with Gasteiger partial charge in [-0.05, 0) is 69.2 Å². The summed E-state index contributed by atoms with van der Waals surface area (Å²) in [5, 5.41) is 0. The number of allylic oxidation sites excluding steroid dienone is 1. The van der Waals surface area contributed by atoms with Gasteiger partial charge in [0.25, 0.3) is 0 Å². The summed E-state index contributed by atoms with van der Waals surface area (Å²) in [6.07, 6.45) is 6.45. The molecule has 1 aromatic carbocycles. The first-order chi connectivity index (χ1) is 16.9. The van der Waals surface area contributed by atoms with E-state index in [9.17, 15) is 9.59 Å². The van der Waals surface area contributed by atoms with E-state index in [-0.39, 0.29) is 19.3 Å². The van der Waals surface area contributed by atoms with Gasteiger partial charge in [0, 0.05) is 35.0 Å². The molecule has 0 saturated carbocycles. The van der Waals surface area contributed by atoms with E-state index in [1.54, 1.807) is 38.0 Å². The summed E-state index contributed by atoms with van der Waals surface area (Å²) < 4.78 is 10.9. The van der Waals surface area contributed by atoms with Crippen molar-refractivity contribution in [1.82, 2.24) is 4.98 Å². The molecule has 1 aliphatic heterocycles. The maximum Gasteiger partial charge on any atom is 0.336 e. The highest BCUT2D eigenvalue weighted by Gasteiger charge is 2.43. The van der Waals surface area contributed by atoms with Crippen molar-refractivity contribution in [3.05, 3.63) is 71.2 Å². The monoisotopic (exact) mass is 495 g/mol. The van der Waals surface area contributed by atoms with Crippen LogP contribution in [0.3, 0.4) is 0 Å². The minimum Gasteiger partial charge on any atom is -0.465 e. The molecule has 8 heteroatoms. The molecule has 0 amide bonds. The van der Waals surface area contributed by atoms with Crippen LogP contribution in [0.4, 0.5) is 0 Å². The predicted octanol–water partition coefficient (Wildman–Crippen LogP) is 4.84. The minimum atomic E-state index is -0.720. The van der Waals surface area contributed by atoms with Crippen LogP contribution in [0.2, 0.25) is 0 Å². The fraction of sp³-hybridized carbons (Fsp3) is 0.407. The zero-order valence-corrected chi connectivity index (χ0v) is 21.5. The second-order valence-corrected chi connectivity index (χ2v) is 9.13. The highest BCUT2D eigenvalue weighted by Crippen LogP contribution is 2.42. The molecule has 7 nitrogen and oxygen atoms in total. The van der Waals surface area contributed by atoms with E-state index in [0.717, 1.165) is 16.0 Å². The van der Waals surface area contributed by atoms with Crippen LogP contribution in [0.25, 0.3) is 0 Å². The van der Waals surface area contributed by atoms with Gasteiger partial charge in [-0.25, -0.2) is 4.79 Å². The lowest BCUT2D eigenvalue weighted by Gasteiger charge is -2.32. The summed E-state index contributed by atoms with van der Waals surface area (Å²) in [6.45, 7) is 5.81. The number of aliphatic imine (C=N–C) groups is 1. The van der Waals surface area contributed by atoms with Crippen molar-refractivity contribution >= 4 is 29.4 Å². The molecular formula is C27H33N3O4S. The maximum atomic E-state index is 13.3. The van der Waals surface area contributed by atoms with Crippen molar-refractivity contribution < 1.29 is 19.1 Å². The quantitative estimate of drug-likeness (QED) is 0.372. The molecule has 186 valence electrons. The molecule has 2 N–H and O–H groups in total. The van der Waals surface area contributed by atoms with E-state index in [0.29, 0.717) is 29.8 Å². The van der Waals surface area contributed by atoms with Gasteiger partial charge in [0.05, 0.1) is 24.5 Å². The van der Waals surface area contributed by atoms with Crippen molar-refractivity contribution in [2.45, 2.75) is 50.5 Å². The van der Waals surface area contributed by atoms with Crippen LogP contribution in [-0.2, 0) is 19.1 Å². The Kier molecular flexibility index (Phi) is 9.63. The third-order valence-corrected chi connectivity index (χ3v) is 6.74. The van der Waals surface area contributed by atoms with Crippen LogP contribution >= 0.6 is 11.8 Å². The summed E-state index contributed by atoms with van der Waals surface area (Å²) >= 11 is 1.60. The van der Waals surface area contributed by atoms with E-state index < -0.39 is 23.8 Å². The number of hydrogen-bond acceptors (Lipinski definition) is 8. The molecule has 3 unspecified atom stereocenters.